The van der Waals surface area contributed by atoms with Crippen molar-refractivity contribution in [3.63, 3.8) is 0 Å². The molecule has 0 saturated heterocycles. The second-order valence-corrected chi connectivity index (χ2v) is 13.1. The normalized spacial score (nSPS) is 33.7. The first-order valence-corrected chi connectivity index (χ1v) is 12.6. The van der Waals surface area contributed by atoms with E-state index in [4.69, 9.17) is 0 Å². The fraction of sp³-hybridized carbons (Fsp3) is 0.667. The quantitative estimate of drug-likeness (QED) is 0.587. The van der Waals surface area contributed by atoms with Crippen LogP contribution in [0, 0.1) is 24.2 Å². The highest BCUT2D eigenvalue weighted by Gasteiger charge is 2.57. The first-order valence-electron chi connectivity index (χ1n) is 10.2. The van der Waals surface area contributed by atoms with Gasteiger partial charge in [-0.15, -0.1) is 0 Å². The number of benzene rings is 1. The van der Waals surface area contributed by atoms with Gasteiger partial charge in [-0.05, 0) is 93.4 Å². The third-order valence-corrected chi connectivity index (χ3v) is 9.02. The first-order chi connectivity index (χ1) is 13.1. The topological polar surface area (TPSA) is 75.3 Å². The van der Waals surface area contributed by atoms with E-state index in [9.17, 15) is 13.2 Å². The maximum absolute atomic E-state index is 12.8. The average Bonchev–Trinajstić information content (AvgIpc) is 2.54. The SMILES string of the molecule is CCS(=O)(=O)Nc1ccc(NC(=O)CC23CC4CC(CC(Br)(C4)C2)C3)cc1C. The molecule has 4 fully saturated rings. The second kappa shape index (κ2) is 7.01. The van der Waals surface area contributed by atoms with Crippen molar-refractivity contribution < 1.29 is 13.2 Å². The van der Waals surface area contributed by atoms with Gasteiger partial charge in [0.05, 0.1) is 11.4 Å². The standard InChI is InChI=1S/C21H29BrN2O3S/c1-3-28(26,27)24-18-5-4-17(6-14(18)2)23-19(25)12-20-8-15-7-16(9-20)11-21(22,10-15)13-20/h4-6,15-16,24H,3,7-13H2,1-2H3,(H,23,25). The molecule has 0 aromatic heterocycles. The van der Waals surface area contributed by atoms with E-state index < -0.39 is 10.0 Å². The van der Waals surface area contributed by atoms with Crippen LogP contribution in [-0.4, -0.2) is 24.4 Å². The van der Waals surface area contributed by atoms with E-state index in [1.54, 1.807) is 19.1 Å². The molecule has 2 N–H and O–H groups in total. The molecule has 28 heavy (non-hydrogen) atoms. The monoisotopic (exact) mass is 468 g/mol. The van der Waals surface area contributed by atoms with Crippen molar-refractivity contribution in [3.8, 4) is 0 Å². The summed E-state index contributed by atoms with van der Waals surface area (Å²) in [7, 11) is -3.31. The van der Waals surface area contributed by atoms with Gasteiger partial charge in [-0.2, -0.15) is 0 Å². The lowest BCUT2D eigenvalue weighted by molar-refractivity contribution is -0.123. The summed E-state index contributed by atoms with van der Waals surface area (Å²) in [6.45, 7) is 3.45. The fourth-order valence-corrected chi connectivity index (χ4v) is 8.40. The molecule has 2 unspecified atom stereocenters. The Morgan fingerprint density at radius 2 is 1.89 bits per heavy atom. The van der Waals surface area contributed by atoms with Crippen molar-refractivity contribution in [2.75, 3.05) is 15.8 Å². The number of anilines is 2. The van der Waals surface area contributed by atoms with Crippen LogP contribution in [0.3, 0.4) is 0 Å². The lowest BCUT2D eigenvalue weighted by Gasteiger charge is -2.60. The van der Waals surface area contributed by atoms with Crippen molar-refractivity contribution in [1.82, 2.24) is 0 Å². The molecule has 1 aromatic rings. The number of sulfonamides is 1. The smallest absolute Gasteiger partial charge is 0.232 e. The zero-order valence-corrected chi connectivity index (χ0v) is 19.0. The minimum absolute atomic E-state index is 0.0318. The number of hydrogen-bond acceptors (Lipinski definition) is 3. The number of alkyl halides is 1. The highest BCUT2D eigenvalue weighted by molar-refractivity contribution is 9.10. The van der Waals surface area contributed by atoms with Gasteiger partial charge in [0.2, 0.25) is 15.9 Å². The molecule has 4 saturated carbocycles. The Bertz CT molecular complexity index is 885. The van der Waals surface area contributed by atoms with Crippen molar-refractivity contribution in [3.05, 3.63) is 23.8 Å². The molecule has 5 nitrogen and oxygen atoms in total. The summed E-state index contributed by atoms with van der Waals surface area (Å²) in [4.78, 5) is 12.8. The average molecular weight is 469 g/mol. The van der Waals surface area contributed by atoms with Crippen molar-refractivity contribution in [1.29, 1.82) is 0 Å². The zero-order valence-electron chi connectivity index (χ0n) is 16.6. The number of halogens is 1. The van der Waals surface area contributed by atoms with Crippen LogP contribution in [0.25, 0.3) is 0 Å². The van der Waals surface area contributed by atoms with Crippen LogP contribution in [0.2, 0.25) is 0 Å². The summed E-state index contributed by atoms with van der Waals surface area (Å²) in [5, 5.41) is 3.04. The largest absolute Gasteiger partial charge is 0.326 e. The Morgan fingerprint density at radius 3 is 2.46 bits per heavy atom. The van der Waals surface area contributed by atoms with Gasteiger partial charge in [0.1, 0.15) is 0 Å². The number of nitrogens with one attached hydrogen (secondary N) is 2. The molecule has 4 aliphatic carbocycles. The molecular weight excluding hydrogens is 440 g/mol. The number of amides is 1. The van der Waals surface area contributed by atoms with Gasteiger partial charge < -0.3 is 5.32 Å². The van der Waals surface area contributed by atoms with E-state index in [0.29, 0.717) is 12.1 Å². The maximum atomic E-state index is 12.8. The summed E-state index contributed by atoms with van der Waals surface area (Å²) in [6, 6.07) is 5.32. The minimum atomic E-state index is -3.31. The number of aryl methyl sites for hydroxylation is 1. The fourth-order valence-electron chi connectivity index (χ4n) is 6.18. The molecular formula is C21H29BrN2O3S. The molecule has 1 amide bonds. The predicted octanol–water partition coefficient (Wildman–Crippen LogP) is 4.82. The van der Waals surface area contributed by atoms with Crippen molar-refractivity contribution in [2.45, 2.75) is 63.1 Å². The molecule has 0 radical (unpaired) electrons. The van der Waals surface area contributed by atoms with Crippen molar-refractivity contribution in [2.24, 2.45) is 17.3 Å². The van der Waals surface area contributed by atoms with E-state index in [1.165, 1.54) is 32.1 Å². The van der Waals surface area contributed by atoms with Crippen LogP contribution in [0.5, 0.6) is 0 Å². The molecule has 2 atom stereocenters. The van der Waals surface area contributed by atoms with Crippen LogP contribution < -0.4 is 10.0 Å². The molecule has 7 heteroatoms. The minimum Gasteiger partial charge on any atom is -0.326 e. The number of carbonyl (C=O) groups excluding carboxylic acids is 1. The molecule has 154 valence electrons. The Balaban J connectivity index is 1.42. The summed E-state index contributed by atoms with van der Waals surface area (Å²) >= 11 is 4.01. The van der Waals surface area contributed by atoms with E-state index >= 15 is 0 Å². The van der Waals surface area contributed by atoms with E-state index in [-0.39, 0.29) is 21.4 Å². The predicted molar refractivity (Wildman–Crippen MR) is 116 cm³/mol. The van der Waals surface area contributed by atoms with Crippen LogP contribution in [0.1, 0.15) is 57.4 Å². The molecule has 4 aliphatic rings. The Morgan fingerprint density at radius 1 is 1.21 bits per heavy atom. The van der Waals surface area contributed by atoms with Crippen LogP contribution in [0.4, 0.5) is 11.4 Å². The van der Waals surface area contributed by atoms with Crippen LogP contribution in [-0.2, 0) is 14.8 Å². The third-order valence-electron chi connectivity index (χ3n) is 6.80. The number of rotatable bonds is 6. The maximum Gasteiger partial charge on any atom is 0.232 e. The molecule has 0 aliphatic heterocycles. The van der Waals surface area contributed by atoms with E-state index in [1.807, 2.05) is 13.0 Å². The Kier molecular flexibility index (Phi) is 5.06. The highest BCUT2D eigenvalue weighted by Crippen LogP contribution is 2.65. The molecule has 0 heterocycles. The van der Waals surface area contributed by atoms with Crippen LogP contribution in [0.15, 0.2) is 18.2 Å². The van der Waals surface area contributed by atoms with Gasteiger partial charge in [0, 0.05) is 16.4 Å². The molecule has 4 bridgehead atoms. The van der Waals surface area contributed by atoms with Crippen molar-refractivity contribution >= 4 is 43.2 Å². The van der Waals surface area contributed by atoms with Gasteiger partial charge in [0.25, 0.3) is 0 Å². The lowest BCUT2D eigenvalue weighted by Crippen LogP contribution is -2.53. The van der Waals surface area contributed by atoms with Gasteiger partial charge >= 0.3 is 0 Å². The zero-order chi connectivity index (χ0) is 20.2. The highest BCUT2D eigenvalue weighted by atomic mass is 79.9. The second-order valence-electron chi connectivity index (χ2n) is 9.37. The van der Waals surface area contributed by atoms with E-state index in [0.717, 1.165) is 29.5 Å². The third kappa shape index (κ3) is 4.11. The molecule has 5 rings (SSSR count). The van der Waals surface area contributed by atoms with Gasteiger partial charge in [-0.3, -0.25) is 9.52 Å². The van der Waals surface area contributed by atoms with Gasteiger partial charge in [-0.1, -0.05) is 15.9 Å². The molecule has 1 aromatic carbocycles. The van der Waals surface area contributed by atoms with Gasteiger partial charge in [0.15, 0.2) is 0 Å². The number of carbonyl (C=O) groups is 1. The first kappa shape index (κ1) is 20.2. The Hall–Kier alpha value is -1.08. The summed E-state index contributed by atoms with van der Waals surface area (Å²) in [6.07, 6.45) is 7.92. The van der Waals surface area contributed by atoms with E-state index in [2.05, 4.69) is 26.0 Å². The summed E-state index contributed by atoms with van der Waals surface area (Å²) in [5.41, 5.74) is 2.22. The van der Waals surface area contributed by atoms with Crippen LogP contribution >= 0.6 is 15.9 Å². The summed E-state index contributed by atoms with van der Waals surface area (Å²) < 4.78 is 26.4. The summed E-state index contributed by atoms with van der Waals surface area (Å²) in [5.74, 6) is 1.63. The number of hydrogen-bond donors (Lipinski definition) is 2. The molecule has 0 spiro atoms. The lowest BCUT2D eigenvalue weighted by atomic mass is 9.48. The Labute approximate surface area is 176 Å². The van der Waals surface area contributed by atoms with Gasteiger partial charge in [-0.25, -0.2) is 8.42 Å².